The van der Waals surface area contributed by atoms with Gasteiger partial charge < -0.3 is 14.4 Å². The highest BCUT2D eigenvalue weighted by Gasteiger charge is 2.22. The Morgan fingerprint density at radius 3 is 2.68 bits per heavy atom. The molecule has 8 heteroatoms. The largest absolute Gasteiger partial charge is 0.492 e. The number of nitriles is 1. The first-order valence-corrected chi connectivity index (χ1v) is 11.5. The molecule has 2 aromatic carbocycles. The van der Waals surface area contributed by atoms with Gasteiger partial charge in [0.15, 0.2) is 0 Å². The number of hydrogen-bond acceptors (Lipinski definition) is 5. The molecule has 0 bridgehead atoms. The highest BCUT2D eigenvalue weighted by atomic mass is 35.5. The minimum Gasteiger partial charge on any atom is -0.492 e. The van der Waals surface area contributed by atoms with Gasteiger partial charge in [0.25, 0.3) is 5.91 Å². The number of halogens is 1. The van der Waals surface area contributed by atoms with E-state index in [9.17, 15) is 10.1 Å². The van der Waals surface area contributed by atoms with E-state index in [1.165, 1.54) is 0 Å². The van der Waals surface area contributed by atoms with E-state index in [4.69, 9.17) is 26.2 Å². The second-order valence-electron chi connectivity index (χ2n) is 7.78. The fraction of sp³-hybridized carbons (Fsp3) is 0.269. The Balaban J connectivity index is 1.76. The molecule has 4 rings (SSSR count). The third-order valence-electron chi connectivity index (χ3n) is 5.38. The molecule has 1 aliphatic rings. The number of hydrogen-bond donors (Lipinski definition) is 0. The molecule has 3 aromatic rings. The van der Waals surface area contributed by atoms with Crippen molar-refractivity contribution in [1.29, 1.82) is 5.26 Å². The summed E-state index contributed by atoms with van der Waals surface area (Å²) < 4.78 is 12.7. The molecule has 1 saturated heterocycles. The Morgan fingerprint density at radius 1 is 1.24 bits per heavy atom. The molecular weight excluding hydrogens is 452 g/mol. The van der Waals surface area contributed by atoms with E-state index in [0.29, 0.717) is 54.9 Å². The smallest absolute Gasteiger partial charge is 0.264 e. The van der Waals surface area contributed by atoms with Crippen LogP contribution in [0.5, 0.6) is 5.75 Å². The normalized spacial score (nSPS) is 14.0. The molecule has 0 aliphatic carbocycles. The topological polar surface area (TPSA) is 80.4 Å². The van der Waals surface area contributed by atoms with Crippen molar-refractivity contribution in [1.82, 2.24) is 14.7 Å². The minimum atomic E-state index is -0.314. The first-order valence-electron chi connectivity index (χ1n) is 11.2. The first-order chi connectivity index (χ1) is 16.6. The van der Waals surface area contributed by atoms with Crippen LogP contribution in [0.2, 0.25) is 5.02 Å². The molecule has 7 nitrogen and oxygen atoms in total. The van der Waals surface area contributed by atoms with Crippen LogP contribution in [0, 0.1) is 11.3 Å². The van der Waals surface area contributed by atoms with Gasteiger partial charge in [-0.15, -0.1) is 0 Å². The van der Waals surface area contributed by atoms with Gasteiger partial charge in [-0.05, 0) is 42.8 Å². The summed E-state index contributed by atoms with van der Waals surface area (Å²) in [6.07, 6.45) is 4.28. The van der Waals surface area contributed by atoms with Gasteiger partial charge in [0.2, 0.25) is 0 Å². The molecule has 174 valence electrons. The fourth-order valence-corrected chi connectivity index (χ4v) is 3.88. The summed E-state index contributed by atoms with van der Waals surface area (Å²) in [7, 11) is 0. The number of benzene rings is 2. The number of carbonyl (C=O) groups is 1. The molecular formula is C26H25ClN4O3. The van der Waals surface area contributed by atoms with E-state index in [-0.39, 0.29) is 11.5 Å². The van der Waals surface area contributed by atoms with Crippen molar-refractivity contribution in [3.8, 4) is 28.8 Å². The van der Waals surface area contributed by atoms with Crippen LogP contribution in [0.15, 0.2) is 60.3 Å². The van der Waals surface area contributed by atoms with Crippen molar-refractivity contribution in [3.05, 3.63) is 70.9 Å². The maximum Gasteiger partial charge on any atom is 0.264 e. The number of aromatic nitrogens is 2. The van der Waals surface area contributed by atoms with E-state index in [2.05, 4.69) is 6.07 Å². The number of para-hydroxylation sites is 1. The molecule has 1 aromatic heterocycles. The Morgan fingerprint density at radius 2 is 2.00 bits per heavy atom. The van der Waals surface area contributed by atoms with E-state index in [1.54, 1.807) is 21.7 Å². The third kappa shape index (κ3) is 5.30. The second-order valence-corrected chi connectivity index (χ2v) is 8.19. The molecule has 0 atom stereocenters. The standard InChI is InChI=1S/C26H25ClN4O3/c1-2-12-34-24-9-8-19(16-23(24)27)25-21(18-31(29-25)22-6-4-3-5-7-22)15-20(17-28)26(32)30-10-13-33-14-11-30/h3-9,15-16,18H,2,10-14H2,1H3. The van der Waals surface area contributed by atoms with Gasteiger partial charge in [0.05, 0.1) is 30.5 Å². The van der Waals surface area contributed by atoms with Crippen LogP contribution in [0.1, 0.15) is 18.9 Å². The Kier molecular flexibility index (Phi) is 7.63. The predicted molar refractivity (Wildman–Crippen MR) is 131 cm³/mol. The molecule has 0 saturated carbocycles. The summed E-state index contributed by atoms with van der Waals surface area (Å²) in [5.74, 6) is 0.289. The molecule has 1 aliphatic heterocycles. The van der Waals surface area contributed by atoms with Crippen LogP contribution in [-0.2, 0) is 9.53 Å². The second kappa shape index (κ2) is 11.0. The quantitative estimate of drug-likeness (QED) is 0.363. The average Bonchev–Trinajstić information content (AvgIpc) is 3.31. The van der Waals surface area contributed by atoms with Gasteiger partial charge in [-0.3, -0.25) is 4.79 Å². The van der Waals surface area contributed by atoms with E-state index in [1.807, 2.05) is 55.6 Å². The van der Waals surface area contributed by atoms with Crippen molar-refractivity contribution in [2.24, 2.45) is 0 Å². The highest BCUT2D eigenvalue weighted by molar-refractivity contribution is 6.32. The number of morpholine rings is 1. The Hall–Kier alpha value is -3.60. The van der Waals surface area contributed by atoms with Crippen molar-refractivity contribution >= 4 is 23.6 Å². The van der Waals surface area contributed by atoms with Gasteiger partial charge in [-0.2, -0.15) is 10.4 Å². The van der Waals surface area contributed by atoms with Gasteiger partial charge in [0.1, 0.15) is 23.1 Å². The van der Waals surface area contributed by atoms with E-state index in [0.717, 1.165) is 17.7 Å². The van der Waals surface area contributed by atoms with Gasteiger partial charge in [-0.25, -0.2) is 4.68 Å². The van der Waals surface area contributed by atoms with Gasteiger partial charge >= 0.3 is 0 Å². The van der Waals surface area contributed by atoms with Gasteiger partial charge in [0, 0.05) is 30.4 Å². The molecule has 0 unspecified atom stereocenters. The fourth-order valence-electron chi connectivity index (χ4n) is 3.64. The van der Waals surface area contributed by atoms with Crippen molar-refractivity contribution in [2.45, 2.75) is 13.3 Å². The molecule has 34 heavy (non-hydrogen) atoms. The van der Waals surface area contributed by atoms with Crippen LogP contribution < -0.4 is 4.74 Å². The first kappa shape index (κ1) is 23.6. The lowest BCUT2D eigenvalue weighted by Crippen LogP contribution is -2.41. The molecule has 0 spiro atoms. The molecule has 0 N–H and O–H groups in total. The number of amides is 1. The maximum absolute atomic E-state index is 13.0. The van der Waals surface area contributed by atoms with Crippen LogP contribution in [0.3, 0.4) is 0 Å². The maximum atomic E-state index is 13.0. The van der Waals surface area contributed by atoms with E-state index < -0.39 is 0 Å². The van der Waals surface area contributed by atoms with Crippen LogP contribution >= 0.6 is 11.6 Å². The summed E-state index contributed by atoms with van der Waals surface area (Å²) in [6, 6.07) is 17.2. The third-order valence-corrected chi connectivity index (χ3v) is 5.67. The molecule has 1 fully saturated rings. The van der Waals surface area contributed by atoms with Crippen LogP contribution in [0.4, 0.5) is 0 Å². The zero-order chi connectivity index (χ0) is 23.9. The molecule has 1 amide bonds. The van der Waals surface area contributed by atoms with E-state index >= 15 is 0 Å². The molecule has 0 radical (unpaired) electrons. The summed E-state index contributed by atoms with van der Waals surface area (Å²) in [5, 5.41) is 15.0. The van der Waals surface area contributed by atoms with Crippen molar-refractivity contribution in [3.63, 3.8) is 0 Å². The Bertz CT molecular complexity index is 1220. The zero-order valence-electron chi connectivity index (χ0n) is 18.9. The lowest BCUT2D eigenvalue weighted by molar-refractivity contribution is -0.130. The number of carbonyl (C=O) groups excluding carboxylic acids is 1. The number of nitrogens with zero attached hydrogens (tertiary/aromatic N) is 4. The van der Waals surface area contributed by atoms with Crippen molar-refractivity contribution < 1.29 is 14.3 Å². The van der Waals surface area contributed by atoms with Crippen LogP contribution in [0.25, 0.3) is 23.0 Å². The summed E-state index contributed by atoms with van der Waals surface area (Å²) in [5.41, 5.74) is 2.90. The number of rotatable bonds is 7. The number of ether oxygens (including phenoxy) is 2. The average molecular weight is 477 g/mol. The monoisotopic (exact) mass is 476 g/mol. The highest BCUT2D eigenvalue weighted by Crippen LogP contribution is 2.33. The lowest BCUT2D eigenvalue weighted by Gasteiger charge is -2.26. The zero-order valence-corrected chi connectivity index (χ0v) is 19.7. The van der Waals surface area contributed by atoms with Crippen LogP contribution in [-0.4, -0.2) is 53.5 Å². The predicted octanol–water partition coefficient (Wildman–Crippen LogP) is 4.75. The lowest BCUT2D eigenvalue weighted by atomic mass is 10.1. The summed E-state index contributed by atoms with van der Waals surface area (Å²) in [4.78, 5) is 14.6. The summed E-state index contributed by atoms with van der Waals surface area (Å²) in [6.45, 7) is 4.46. The SMILES string of the molecule is CCCOc1ccc(-c2nn(-c3ccccc3)cc2C=C(C#N)C(=O)N2CCOCC2)cc1Cl. The van der Waals surface area contributed by atoms with Gasteiger partial charge in [-0.1, -0.05) is 36.7 Å². The Labute approximate surface area is 203 Å². The minimum absolute atomic E-state index is 0.0461. The summed E-state index contributed by atoms with van der Waals surface area (Å²) >= 11 is 6.48. The van der Waals surface area contributed by atoms with Crippen molar-refractivity contribution in [2.75, 3.05) is 32.9 Å². The molecule has 2 heterocycles.